The van der Waals surface area contributed by atoms with Gasteiger partial charge in [0.15, 0.2) is 0 Å². The Bertz CT molecular complexity index is 458. The summed E-state index contributed by atoms with van der Waals surface area (Å²) in [6, 6.07) is 2.42. The zero-order valence-corrected chi connectivity index (χ0v) is 8.61. The number of halogens is 1. The molecule has 16 heavy (non-hydrogen) atoms. The average molecular weight is 223 g/mol. The number of ether oxygens (including phenoxy) is 1. The van der Waals surface area contributed by atoms with Crippen molar-refractivity contribution in [3.05, 3.63) is 29.8 Å². The summed E-state index contributed by atoms with van der Waals surface area (Å²) < 4.78 is 18.0. The Morgan fingerprint density at radius 1 is 1.56 bits per heavy atom. The van der Waals surface area contributed by atoms with Crippen LogP contribution in [0.25, 0.3) is 0 Å². The minimum atomic E-state index is -1.29. The van der Waals surface area contributed by atoms with Gasteiger partial charge in [0.25, 0.3) is 6.02 Å². The fraction of sp³-hybridized carbons (Fsp3) is 0.300. The maximum absolute atomic E-state index is 12.7. The van der Waals surface area contributed by atoms with E-state index in [1.54, 1.807) is 6.92 Å². The first-order valence-corrected chi connectivity index (χ1v) is 4.78. The second-order valence-electron chi connectivity index (χ2n) is 3.40. The number of aliphatic imine (C=N–C) groups is 1. The smallest absolute Gasteiger partial charge is 0.300 e. The topological polar surface area (TPSA) is 77.6 Å². The van der Waals surface area contributed by atoms with E-state index in [1.807, 2.05) is 0 Å². The predicted molar refractivity (Wildman–Crippen MR) is 53.9 cm³/mol. The number of carbonyl (C=O) groups is 1. The number of nitrogens with two attached hydrogens (primary N) is 1. The molecule has 1 atom stereocenters. The van der Waals surface area contributed by atoms with Crippen LogP contribution in [0.3, 0.4) is 0 Å². The second-order valence-corrected chi connectivity index (χ2v) is 3.40. The standard InChI is InChI=1S/C10H10FN3O2/c1-2-10(8(15)14-9(12)16-10)7-4-3-6(11)5-13-7/h3-5H,2H2,1H3,(H2,12,14,15). The first kappa shape index (κ1) is 10.5. The Kier molecular flexibility index (Phi) is 2.34. The molecule has 0 aliphatic carbocycles. The fourth-order valence-electron chi connectivity index (χ4n) is 1.62. The van der Waals surface area contributed by atoms with Crippen LogP contribution in [0.2, 0.25) is 0 Å². The van der Waals surface area contributed by atoms with E-state index in [0.29, 0.717) is 12.1 Å². The van der Waals surface area contributed by atoms with Gasteiger partial charge in [0, 0.05) is 0 Å². The zero-order chi connectivity index (χ0) is 11.8. The Hall–Kier alpha value is -1.98. The first-order valence-electron chi connectivity index (χ1n) is 4.78. The molecule has 1 amide bonds. The van der Waals surface area contributed by atoms with Crippen LogP contribution >= 0.6 is 0 Å². The first-order chi connectivity index (χ1) is 7.58. The maximum atomic E-state index is 12.7. The summed E-state index contributed by atoms with van der Waals surface area (Å²) in [4.78, 5) is 19.0. The van der Waals surface area contributed by atoms with Crippen molar-refractivity contribution in [1.82, 2.24) is 4.98 Å². The van der Waals surface area contributed by atoms with E-state index in [9.17, 15) is 9.18 Å². The fourth-order valence-corrected chi connectivity index (χ4v) is 1.62. The van der Waals surface area contributed by atoms with Crippen molar-refractivity contribution < 1.29 is 13.9 Å². The average Bonchev–Trinajstić information content (AvgIpc) is 2.55. The van der Waals surface area contributed by atoms with Gasteiger partial charge >= 0.3 is 5.91 Å². The van der Waals surface area contributed by atoms with Gasteiger partial charge in [0.2, 0.25) is 5.60 Å². The summed E-state index contributed by atoms with van der Waals surface area (Å²) in [5.41, 5.74) is 4.37. The maximum Gasteiger partial charge on any atom is 0.300 e. The van der Waals surface area contributed by atoms with Crippen LogP contribution in [0.5, 0.6) is 0 Å². The van der Waals surface area contributed by atoms with Crippen LogP contribution < -0.4 is 5.73 Å². The number of carbonyl (C=O) groups excluding carboxylic acids is 1. The molecule has 6 heteroatoms. The molecule has 0 fully saturated rings. The van der Waals surface area contributed by atoms with E-state index in [4.69, 9.17) is 10.5 Å². The molecule has 1 aliphatic rings. The number of nitrogens with zero attached hydrogens (tertiary/aromatic N) is 2. The van der Waals surface area contributed by atoms with Gasteiger partial charge in [-0.3, -0.25) is 9.78 Å². The van der Waals surface area contributed by atoms with Crippen LogP contribution in [0.15, 0.2) is 23.3 Å². The van der Waals surface area contributed by atoms with Crippen LogP contribution in [0, 0.1) is 5.82 Å². The minimum absolute atomic E-state index is 0.182. The number of rotatable bonds is 2. The number of amidine groups is 1. The van der Waals surface area contributed by atoms with Crippen molar-refractivity contribution in [2.75, 3.05) is 0 Å². The van der Waals surface area contributed by atoms with Crippen LogP contribution in [0.1, 0.15) is 19.0 Å². The summed E-state index contributed by atoms with van der Waals surface area (Å²) in [5.74, 6) is -0.985. The Labute approximate surface area is 91.1 Å². The highest BCUT2D eigenvalue weighted by Gasteiger charge is 2.47. The van der Waals surface area contributed by atoms with Crippen molar-refractivity contribution in [2.45, 2.75) is 18.9 Å². The van der Waals surface area contributed by atoms with Gasteiger partial charge in [-0.25, -0.2) is 4.39 Å². The molecule has 0 saturated heterocycles. The molecule has 1 unspecified atom stereocenters. The highest BCUT2D eigenvalue weighted by Crippen LogP contribution is 2.33. The molecule has 2 rings (SSSR count). The quantitative estimate of drug-likeness (QED) is 0.800. The molecule has 2 N–H and O–H groups in total. The van der Waals surface area contributed by atoms with Crippen LogP contribution in [-0.2, 0) is 15.1 Å². The second kappa shape index (κ2) is 3.55. The molecule has 0 radical (unpaired) electrons. The van der Waals surface area contributed by atoms with Gasteiger partial charge in [-0.2, -0.15) is 4.99 Å². The lowest BCUT2D eigenvalue weighted by atomic mass is 9.95. The van der Waals surface area contributed by atoms with E-state index < -0.39 is 17.3 Å². The Morgan fingerprint density at radius 2 is 2.31 bits per heavy atom. The van der Waals surface area contributed by atoms with Gasteiger partial charge in [-0.1, -0.05) is 6.92 Å². The molecule has 2 heterocycles. The predicted octanol–water partition coefficient (Wildman–Crippen LogP) is 0.697. The lowest BCUT2D eigenvalue weighted by molar-refractivity contribution is -0.132. The molecule has 0 aromatic carbocycles. The summed E-state index contributed by atoms with van der Waals surface area (Å²) in [6.45, 7) is 1.75. The van der Waals surface area contributed by atoms with E-state index in [0.717, 1.165) is 6.20 Å². The largest absolute Gasteiger partial charge is 0.442 e. The summed E-state index contributed by atoms with van der Waals surface area (Å²) in [7, 11) is 0. The molecule has 0 spiro atoms. The minimum Gasteiger partial charge on any atom is -0.442 e. The molecule has 0 bridgehead atoms. The van der Waals surface area contributed by atoms with Gasteiger partial charge in [-0.05, 0) is 18.6 Å². The van der Waals surface area contributed by atoms with Gasteiger partial charge in [-0.15, -0.1) is 0 Å². The molecular weight excluding hydrogens is 213 g/mol. The molecular formula is C10H10FN3O2. The van der Waals surface area contributed by atoms with Crippen molar-refractivity contribution in [1.29, 1.82) is 0 Å². The van der Waals surface area contributed by atoms with Gasteiger partial charge in [0.05, 0.1) is 11.9 Å². The highest BCUT2D eigenvalue weighted by molar-refractivity contribution is 6.01. The molecule has 5 nitrogen and oxygen atoms in total. The Balaban J connectivity index is 2.44. The van der Waals surface area contributed by atoms with E-state index in [-0.39, 0.29) is 6.02 Å². The lowest BCUT2D eigenvalue weighted by Crippen LogP contribution is -2.35. The molecule has 84 valence electrons. The van der Waals surface area contributed by atoms with E-state index in [1.165, 1.54) is 12.1 Å². The van der Waals surface area contributed by atoms with Gasteiger partial charge in [0.1, 0.15) is 5.82 Å². The van der Waals surface area contributed by atoms with Crippen molar-refractivity contribution in [3.8, 4) is 0 Å². The van der Waals surface area contributed by atoms with Crippen molar-refractivity contribution in [3.63, 3.8) is 0 Å². The Morgan fingerprint density at radius 3 is 2.75 bits per heavy atom. The number of aromatic nitrogens is 1. The third-order valence-corrected chi connectivity index (χ3v) is 2.48. The lowest BCUT2D eigenvalue weighted by Gasteiger charge is -2.23. The number of pyridine rings is 1. The number of hydrogen-bond donors (Lipinski definition) is 1. The SMILES string of the molecule is CCC1(c2ccc(F)cn2)OC(N)=NC1=O. The normalized spacial score (nSPS) is 24.1. The highest BCUT2D eigenvalue weighted by atomic mass is 19.1. The van der Waals surface area contributed by atoms with Gasteiger partial charge < -0.3 is 10.5 Å². The number of amides is 1. The van der Waals surface area contributed by atoms with E-state index >= 15 is 0 Å². The van der Waals surface area contributed by atoms with Crippen LogP contribution in [-0.4, -0.2) is 16.9 Å². The van der Waals surface area contributed by atoms with Crippen molar-refractivity contribution in [2.24, 2.45) is 10.7 Å². The molecule has 1 aromatic rings. The molecule has 0 saturated carbocycles. The monoisotopic (exact) mass is 223 g/mol. The van der Waals surface area contributed by atoms with Crippen LogP contribution in [0.4, 0.5) is 4.39 Å². The van der Waals surface area contributed by atoms with Crippen molar-refractivity contribution >= 4 is 11.9 Å². The third kappa shape index (κ3) is 1.42. The molecule has 1 aromatic heterocycles. The molecule has 1 aliphatic heterocycles. The zero-order valence-electron chi connectivity index (χ0n) is 8.61. The van der Waals surface area contributed by atoms with E-state index in [2.05, 4.69) is 9.98 Å². The summed E-state index contributed by atoms with van der Waals surface area (Å²) in [5, 5.41) is 0. The summed E-state index contributed by atoms with van der Waals surface area (Å²) in [6.07, 6.45) is 1.35. The third-order valence-electron chi connectivity index (χ3n) is 2.48. The number of hydrogen-bond acceptors (Lipinski definition) is 4. The summed E-state index contributed by atoms with van der Waals surface area (Å²) >= 11 is 0.